The summed E-state index contributed by atoms with van der Waals surface area (Å²) in [6.45, 7) is 1.33. The number of halogens is 3. The predicted octanol–water partition coefficient (Wildman–Crippen LogP) is 2.35. The maximum Gasteiger partial charge on any atom is 0.320 e. The monoisotopic (exact) mass is 368 g/mol. The van der Waals surface area contributed by atoms with Crippen molar-refractivity contribution in [2.75, 3.05) is 18.9 Å². The number of likely N-dealkylation sites (N-methyl/N-ethyl adjacent to an activating group) is 1. The van der Waals surface area contributed by atoms with E-state index in [2.05, 4.69) is 21.2 Å². The number of anilines is 1. The highest BCUT2D eigenvalue weighted by Crippen LogP contribution is 2.19. The van der Waals surface area contributed by atoms with Gasteiger partial charge in [-0.1, -0.05) is 15.9 Å². The van der Waals surface area contributed by atoms with Gasteiger partial charge >= 0.3 is 5.97 Å². The first kappa shape index (κ1) is 18.8. The minimum Gasteiger partial charge on any atom is -0.480 e. The number of rotatable bonds is 5. The lowest BCUT2D eigenvalue weighted by molar-refractivity contribution is -0.142. The van der Waals surface area contributed by atoms with Gasteiger partial charge in [-0.15, -0.1) is 12.4 Å². The van der Waals surface area contributed by atoms with Gasteiger partial charge in [0.1, 0.15) is 11.9 Å². The largest absolute Gasteiger partial charge is 0.480 e. The quantitative estimate of drug-likeness (QED) is 0.836. The van der Waals surface area contributed by atoms with Crippen LogP contribution >= 0.6 is 28.3 Å². The zero-order chi connectivity index (χ0) is 14.6. The van der Waals surface area contributed by atoms with Crippen molar-refractivity contribution in [2.24, 2.45) is 0 Å². The molecule has 5 nitrogen and oxygen atoms in total. The van der Waals surface area contributed by atoms with Gasteiger partial charge in [0.25, 0.3) is 0 Å². The minimum absolute atomic E-state index is 0. The standard InChI is InChI=1S/C12H14BrFN2O3.ClH/c1-7(12(18)19)16(2)6-11(17)15-10-4-3-8(13)5-9(10)14;/h3-5,7H,6H2,1-2H3,(H,15,17)(H,18,19);1H. The van der Waals surface area contributed by atoms with E-state index in [1.54, 1.807) is 6.07 Å². The second kappa shape index (κ2) is 8.18. The number of hydrogen-bond acceptors (Lipinski definition) is 3. The van der Waals surface area contributed by atoms with E-state index >= 15 is 0 Å². The maximum atomic E-state index is 13.5. The van der Waals surface area contributed by atoms with Crippen molar-refractivity contribution in [3.05, 3.63) is 28.5 Å². The predicted molar refractivity (Wildman–Crippen MR) is 79.7 cm³/mol. The van der Waals surface area contributed by atoms with Crippen LogP contribution in [0.1, 0.15) is 6.92 Å². The molecule has 0 saturated carbocycles. The van der Waals surface area contributed by atoms with Gasteiger partial charge in [-0.3, -0.25) is 14.5 Å². The van der Waals surface area contributed by atoms with Crippen LogP contribution in [0.5, 0.6) is 0 Å². The lowest BCUT2D eigenvalue weighted by Crippen LogP contribution is -2.40. The Hall–Kier alpha value is -1.18. The maximum absolute atomic E-state index is 13.5. The van der Waals surface area contributed by atoms with E-state index in [1.807, 2.05) is 0 Å². The third-order valence-corrected chi connectivity index (χ3v) is 3.11. The van der Waals surface area contributed by atoms with Gasteiger partial charge in [-0.25, -0.2) is 4.39 Å². The Labute approximate surface area is 130 Å². The summed E-state index contributed by atoms with van der Waals surface area (Å²) in [7, 11) is 1.51. The molecule has 0 aliphatic rings. The summed E-state index contributed by atoms with van der Waals surface area (Å²) in [6.07, 6.45) is 0. The number of amides is 1. The van der Waals surface area contributed by atoms with E-state index in [9.17, 15) is 14.0 Å². The number of benzene rings is 1. The number of hydrogen-bond donors (Lipinski definition) is 2. The Kier molecular flexibility index (Phi) is 7.70. The molecular weight excluding hydrogens is 354 g/mol. The van der Waals surface area contributed by atoms with Gasteiger partial charge in [0.15, 0.2) is 0 Å². The van der Waals surface area contributed by atoms with Crippen molar-refractivity contribution in [1.82, 2.24) is 4.90 Å². The molecule has 20 heavy (non-hydrogen) atoms. The second-order valence-electron chi connectivity index (χ2n) is 4.10. The summed E-state index contributed by atoms with van der Waals surface area (Å²) in [5, 5.41) is 11.2. The molecule has 0 spiro atoms. The van der Waals surface area contributed by atoms with Gasteiger partial charge in [0.05, 0.1) is 12.2 Å². The number of nitrogens with one attached hydrogen (secondary N) is 1. The number of carbonyl (C=O) groups is 2. The zero-order valence-electron chi connectivity index (χ0n) is 10.9. The van der Waals surface area contributed by atoms with E-state index in [0.717, 1.165) is 0 Å². The molecule has 0 bridgehead atoms. The Balaban J connectivity index is 0.00000361. The molecule has 0 aliphatic carbocycles. The molecule has 8 heteroatoms. The average molecular weight is 370 g/mol. The van der Waals surface area contributed by atoms with Crippen molar-refractivity contribution in [3.63, 3.8) is 0 Å². The lowest BCUT2D eigenvalue weighted by atomic mass is 10.3. The molecule has 0 aliphatic heterocycles. The Bertz CT molecular complexity index is 502. The Morgan fingerprint density at radius 3 is 2.60 bits per heavy atom. The average Bonchev–Trinajstić information content (AvgIpc) is 2.31. The van der Waals surface area contributed by atoms with Crippen LogP contribution in [0.15, 0.2) is 22.7 Å². The molecule has 1 atom stereocenters. The van der Waals surface area contributed by atoms with Crippen molar-refractivity contribution >= 4 is 45.9 Å². The topological polar surface area (TPSA) is 69.6 Å². The van der Waals surface area contributed by atoms with Crippen molar-refractivity contribution in [3.8, 4) is 0 Å². The van der Waals surface area contributed by atoms with Gasteiger partial charge < -0.3 is 10.4 Å². The summed E-state index contributed by atoms with van der Waals surface area (Å²) in [5.41, 5.74) is 0.0598. The van der Waals surface area contributed by atoms with Gasteiger partial charge in [0, 0.05) is 4.47 Å². The molecule has 0 heterocycles. The first-order chi connectivity index (χ1) is 8.81. The van der Waals surface area contributed by atoms with Crippen LogP contribution in [0.4, 0.5) is 10.1 Å². The van der Waals surface area contributed by atoms with E-state index in [4.69, 9.17) is 5.11 Å². The number of carboxylic acids is 1. The lowest BCUT2D eigenvalue weighted by Gasteiger charge is -2.20. The fourth-order valence-corrected chi connectivity index (χ4v) is 1.67. The number of carboxylic acid groups (broad SMARTS) is 1. The molecular formula is C12H15BrClFN2O3. The third-order valence-electron chi connectivity index (χ3n) is 2.62. The van der Waals surface area contributed by atoms with Crippen LogP contribution in [0.2, 0.25) is 0 Å². The van der Waals surface area contributed by atoms with Crippen molar-refractivity contribution in [1.29, 1.82) is 0 Å². The highest BCUT2D eigenvalue weighted by atomic mass is 79.9. The fraction of sp³-hybridized carbons (Fsp3) is 0.333. The van der Waals surface area contributed by atoms with E-state index in [0.29, 0.717) is 4.47 Å². The Morgan fingerprint density at radius 2 is 2.10 bits per heavy atom. The van der Waals surface area contributed by atoms with Crippen LogP contribution < -0.4 is 5.32 Å². The normalized spacial score (nSPS) is 11.7. The van der Waals surface area contributed by atoms with Crippen LogP contribution in [0.3, 0.4) is 0 Å². The smallest absolute Gasteiger partial charge is 0.320 e. The second-order valence-corrected chi connectivity index (χ2v) is 5.02. The van der Waals surface area contributed by atoms with E-state index in [1.165, 1.54) is 31.0 Å². The highest BCUT2D eigenvalue weighted by Gasteiger charge is 2.19. The molecule has 1 aromatic rings. The van der Waals surface area contributed by atoms with Crippen LogP contribution in [0, 0.1) is 5.82 Å². The molecule has 1 unspecified atom stereocenters. The number of nitrogens with zero attached hydrogens (tertiary/aromatic N) is 1. The summed E-state index contributed by atoms with van der Waals surface area (Å²) < 4.78 is 14.1. The third kappa shape index (κ3) is 5.44. The molecule has 1 aromatic carbocycles. The zero-order valence-corrected chi connectivity index (χ0v) is 13.3. The first-order valence-electron chi connectivity index (χ1n) is 5.49. The molecule has 0 aromatic heterocycles. The molecule has 0 saturated heterocycles. The van der Waals surface area contributed by atoms with E-state index < -0.39 is 23.7 Å². The van der Waals surface area contributed by atoms with E-state index in [-0.39, 0.29) is 24.6 Å². The molecule has 112 valence electrons. The number of aliphatic carboxylic acids is 1. The fourth-order valence-electron chi connectivity index (χ4n) is 1.33. The minimum atomic E-state index is -1.02. The molecule has 1 amide bonds. The van der Waals surface area contributed by atoms with Gasteiger partial charge in [-0.05, 0) is 32.2 Å². The summed E-state index contributed by atoms with van der Waals surface area (Å²) in [6, 6.07) is 3.47. The SMILES string of the molecule is CC(C(=O)O)N(C)CC(=O)Nc1ccc(Br)cc1F.Cl. The van der Waals surface area contributed by atoms with Gasteiger partial charge in [0.2, 0.25) is 5.91 Å². The van der Waals surface area contributed by atoms with Crippen LogP contribution in [-0.2, 0) is 9.59 Å². The number of carbonyl (C=O) groups excluding carboxylic acids is 1. The molecule has 2 N–H and O–H groups in total. The first-order valence-corrected chi connectivity index (χ1v) is 6.28. The molecule has 0 radical (unpaired) electrons. The van der Waals surface area contributed by atoms with Crippen molar-refractivity contribution in [2.45, 2.75) is 13.0 Å². The Morgan fingerprint density at radius 1 is 1.50 bits per heavy atom. The van der Waals surface area contributed by atoms with Crippen LogP contribution in [0.25, 0.3) is 0 Å². The highest BCUT2D eigenvalue weighted by molar-refractivity contribution is 9.10. The summed E-state index contributed by atoms with van der Waals surface area (Å²) >= 11 is 3.11. The molecule has 1 rings (SSSR count). The van der Waals surface area contributed by atoms with Crippen LogP contribution in [-0.4, -0.2) is 41.5 Å². The van der Waals surface area contributed by atoms with Crippen molar-refractivity contribution < 1.29 is 19.1 Å². The summed E-state index contributed by atoms with van der Waals surface area (Å²) in [4.78, 5) is 23.8. The summed E-state index contributed by atoms with van der Waals surface area (Å²) in [5.74, 6) is -2.06. The van der Waals surface area contributed by atoms with Gasteiger partial charge in [-0.2, -0.15) is 0 Å². The molecule has 0 fully saturated rings.